The summed E-state index contributed by atoms with van der Waals surface area (Å²) in [6.07, 6.45) is 2.05. The molecule has 0 saturated carbocycles. The van der Waals surface area contributed by atoms with Crippen LogP contribution in [0.4, 0.5) is 5.69 Å². The summed E-state index contributed by atoms with van der Waals surface area (Å²) in [4.78, 5) is 29.3. The normalized spacial score (nSPS) is 16.0. The molecule has 1 aliphatic heterocycles. The molecule has 1 amide bonds. The van der Waals surface area contributed by atoms with Crippen molar-refractivity contribution in [2.75, 3.05) is 25.0 Å². The van der Waals surface area contributed by atoms with Gasteiger partial charge in [-0.25, -0.2) is 4.79 Å². The zero-order chi connectivity index (χ0) is 19.5. The zero-order valence-electron chi connectivity index (χ0n) is 16.3. The minimum absolute atomic E-state index is 0.0322. The number of hydrogen-bond donors (Lipinski definition) is 1. The molecule has 0 unspecified atom stereocenters. The molecule has 1 N–H and O–H groups in total. The molecule has 26 heavy (non-hydrogen) atoms. The molecule has 0 aliphatic carbocycles. The van der Waals surface area contributed by atoms with Crippen molar-refractivity contribution >= 4 is 28.9 Å². The Morgan fingerprint density at radius 1 is 1.35 bits per heavy atom. The Hall–Kier alpha value is -1.84. The first kappa shape index (κ1) is 20.5. The number of piperidine rings is 1. The number of rotatable bonds is 4. The number of carbonyl (C=O) groups excluding carboxylic acids is 1. The number of carboxylic acid groups (broad SMARTS) is 1. The Bertz CT molecular complexity index is 728. The van der Waals surface area contributed by atoms with Gasteiger partial charge in [0.25, 0.3) is 0 Å². The Balaban J connectivity index is 2.45. The van der Waals surface area contributed by atoms with E-state index in [4.69, 9.17) is 0 Å². The maximum atomic E-state index is 12.7. The number of likely N-dealkylation sites (tertiary alicyclic amines) is 1. The van der Waals surface area contributed by atoms with Crippen LogP contribution >= 0.6 is 11.3 Å². The summed E-state index contributed by atoms with van der Waals surface area (Å²) in [7, 11) is 2.07. The standard InChI is InChI=1S/C20H28N2O3S/c1-6-17(23)22(14-8-11-21(5)12-9-14)16-13-15(7-10-20(2,3)4)26-18(16)19(24)25/h13-14H,6,8-9,11-12H2,1-5H3,(H,24,25). The van der Waals surface area contributed by atoms with Crippen LogP contribution in [0.25, 0.3) is 0 Å². The van der Waals surface area contributed by atoms with Crippen molar-refractivity contribution in [1.82, 2.24) is 4.90 Å². The molecule has 0 bridgehead atoms. The molecule has 1 aromatic rings. The molecule has 142 valence electrons. The van der Waals surface area contributed by atoms with Gasteiger partial charge in [-0.15, -0.1) is 11.3 Å². The van der Waals surface area contributed by atoms with Gasteiger partial charge >= 0.3 is 5.97 Å². The van der Waals surface area contributed by atoms with E-state index < -0.39 is 5.97 Å². The third-order valence-electron chi connectivity index (χ3n) is 4.35. The second kappa shape index (κ2) is 8.24. The molecule has 1 aliphatic rings. The van der Waals surface area contributed by atoms with Gasteiger partial charge in [0.1, 0.15) is 4.88 Å². The van der Waals surface area contributed by atoms with E-state index in [2.05, 4.69) is 23.8 Å². The Kier molecular flexibility index (Phi) is 6.48. The van der Waals surface area contributed by atoms with Gasteiger partial charge in [-0.05, 0) is 59.8 Å². The summed E-state index contributed by atoms with van der Waals surface area (Å²) in [5, 5.41) is 9.67. The van der Waals surface area contributed by atoms with Gasteiger partial charge in [-0.3, -0.25) is 4.79 Å². The van der Waals surface area contributed by atoms with E-state index in [-0.39, 0.29) is 22.2 Å². The fourth-order valence-electron chi connectivity index (χ4n) is 2.98. The Morgan fingerprint density at radius 3 is 2.46 bits per heavy atom. The van der Waals surface area contributed by atoms with E-state index in [1.54, 1.807) is 11.0 Å². The van der Waals surface area contributed by atoms with E-state index in [1.165, 1.54) is 0 Å². The molecule has 1 saturated heterocycles. The highest BCUT2D eigenvalue weighted by atomic mass is 32.1. The number of anilines is 1. The molecule has 0 spiro atoms. The largest absolute Gasteiger partial charge is 0.477 e. The SMILES string of the molecule is CCC(=O)N(c1cc(C#CC(C)(C)C)sc1C(=O)O)C1CCN(C)CC1. The summed E-state index contributed by atoms with van der Waals surface area (Å²) >= 11 is 1.15. The van der Waals surface area contributed by atoms with Crippen LogP contribution in [0.2, 0.25) is 0 Å². The first-order valence-corrected chi connectivity index (χ1v) is 9.85. The quantitative estimate of drug-likeness (QED) is 0.815. The van der Waals surface area contributed by atoms with E-state index in [1.807, 2.05) is 27.7 Å². The minimum atomic E-state index is -1.00. The van der Waals surface area contributed by atoms with Crippen LogP contribution in [-0.2, 0) is 4.79 Å². The van der Waals surface area contributed by atoms with Crippen LogP contribution < -0.4 is 4.90 Å². The van der Waals surface area contributed by atoms with Crippen molar-refractivity contribution in [3.63, 3.8) is 0 Å². The van der Waals surface area contributed by atoms with Gasteiger partial charge < -0.3 is 14.9 Å². The maximum absolute atomic E-state index is 12.7. The van der Waals surface area contributed by atoms with Gasteiger partial charge in [0, 0.05) is 17.9 Å². The first-order valence-electron chi connectivity index (χ1n) is 9.03. The maximum Gasteiger partial charge on any atom is 0.348 e. The molecule has 5 nitrogen and oxygen atoms in total. The van der Waals surface area contributed by atoms with Gasteiger partial charge in [-0.2, -0.15) is 0 Å². The third-order valence-corrected chi connectivity index (χ3v) is 5.38. The lowest BCUT2D eigenvalue weighted by Crippen LogP contribution is -2.47. The van der Waals surface area contributed by atoms with Crippen molar-refractivity contribution < 1.29 is 14.7 Å². The van der Waals surface area contributed by atoms with Crippen LogP contribution in [-0.4, -0.2) is 48.1 Å². The second-order valence-electron chi connectivity index (χ2n) is 7.78. The van der Waals surface area contributed by atoms with Gasteiger partial charge in [0.15, 0.2) is 0 Å². The lowest BCUT2D eigenvalue weighted by atomic mass is 9.98. The fraction of sp³-hybridized carbons (Fsp3) is 0.600. The Labute approximate surface area is 160 Å². The molecule has 6 heteroatoms. The van der Waals surface area contributed by atoms with Crippen molar-refractivity contribution in [1.29, 1.82) is 0 Å². The molecule has 1 aromatic heterocycles. The van der Waals surface area contributed by atoms with Gasteiger partial charge in [0.2, 0.25) is 5.91 Å². The number of hydrogen-bond acceptors (Lipinski definition) is 4. The lowest BCUT2D eigenvalue weighted by Gasteiger charge is -2.37. The highest BCUT2D eigenvalue weighted by Crippen LogP contribution is 2.34. The van der Waals surface area contributed by atoms with Crippen molar-refractivity contribution in [3.05, 3.63) is 15.8 Å². The van der Waals surface area contributed by atoms with Gasteiger partial charge in [0.05, 0.1) is 10.6 Å². The second-order valence-corrected chi connectivity index (χ2v) is 8.83. The molecule has 2 heterocycles. The molecule has 2 rings (SSSR count). The number of thiophene rings is 1. The minimum Gasteiger partial charge on any atom is -0.477 e. The number of aromatic carboxylic acids is 1. The topological polar surface area (TPSA) is 60.9 Å². The molecular weight excluding hydrogens is 348 g/mol. The monoisotopic (exact) mass is 376 g/mol. The van der Waals surface area contributed by atoms with E-state index in [0.717, 1.165) is 37.3 Å². The average molecular weight is 377 g/mol. The van der Waals surface area contributed by atoms with Crippen molar-refractivity contribution in [3.8, 4) is 11.8 Å². The number of carbonyl (C=O) groups is 2. The van der Waals surface area contributed by atoms with Crippen LogP contribution in [0.1, 0.15) is 61.5 Å². The summed E-state index contributed by atoms with van der Waals surface area (Å²) in [6.45, 7) is 9.66. The predicted molar refractivity (Wildman–Crippen MR) is 106 cm³/mol. The average Bonchev–Trinajstić information content (AvgIpc) is 2.98. The van der Waals surface area contributed by atoms with Crippen LogP contribution in [0.15, 0.2) is 6.07 Å². The number of carboxylic acids is 1. The Morgan fingerprint density at radius 2 is 1.96 bits per heavy atom. The molecular formula is C20H28N2O3S. The van der Waals surface area contributed by atoms with Crippen LogP contribution in [0.3, 0.4) is 0 Å². The van der Waals surface area contributed by atoms with Crippen LogP contribution in [0.5, 0.6) is 0 Å². The van der Waals surface area contributed by atoms with Crippen LogP contribution in [0, 0.1) is 17.3 Å². The number of nitrogens with zero attached hydrogens (tertiary/aromatic N) is 2. The smallest absolute Gasteiger partial charge is 0.348 e. The van der Waals surface area contributed by atoms with E-state index >= 15 is 0 Å². The van der Waals surface area contributed by atoms with Gasteiger partial charge in [-0.1, -0.05) is 18.8 Å². The van der Waals surface area contributed by atoms with Crippen molar-refractivity contribution in [2.45, 2.75) is 53.0 Å². The molecule has 0 aromatic carbocycles. The summed E-state index contributed by atoms with van der Waals surface area (Å²) < 4.78 is 0. The summed E-state index contributed by atoms with van der Waals surface area (Å²) in [5.74, 6) is 5.19. The van der Waals surface area contributed by atoms with Crippen molar-refractivity contribution in [2.24, 2.45) is 5.41 Å². The number of amides is 1. The lowest BCUT2D eigenvalue weighted by molar-refractivity contribution is -0.119. The summed E-state index contributed by atoms with van der Waals surface area (Å²) in [6, 6.07) is 1.81. The van der Waals surface area contributed by atoms with E-state index in [0.29, 0.717) is 17.0 Å². The van der Waals surface area contributed by atoms with E-state index in [9.17, 15) is 14.7 Å². The summed E-state index contributed by atoms with van der Waals surface area (Å²) in [5.41, 5.74) is 0.336. The highest BCUT2D eigenvalue weighted by Gasteiger charge is 2.31. The highest BCUT2D eigenvalue weighted by molar-refractivity contribution is 7.15. The first-order chi connectivity index (χ1) is 12.1. The predicted octanol–water partition coefficient (Wildman–Crippen LogP) is 3.68. The zero-order valence-corrected chi connectivity index (χ0v) is 17.1. The fourth-order valence-corrected chi connectivity index (χ4v) is 3.82. The molecule has 0 atom stereocenters. The third kappa shape index (κ3) is 5.09. The molecule has 1 fully saturated rings. The molecule has 0 radical (unpaired) electrons.